The Morgan fingerprint density at radius 2 is 2.29 bits per heavy atom. The van der Waals surface area contributed by atoms with Crippen LogP contribution in [0.3, 0.4) is 0 Å². The summed E-state index contributed by atoms with van der Waals surface area (Å²) < 4.78 is 6.50. The molecule has 2 aliphatic rings. The molecule has 0 radical (unpaired) electrons. The van der Waals surface area contributed by atoms with Gasteiger partial charge in [0.15, 0.2) is 5.13 Å². The summed E-state index contributed by atoms with van der Waals surface area (Å²) in [5, 5.41) is 7.41. The van der Waals surface area contributed by atoms with Crippen molar-refractivity contribution >= 4 is 38.3 Å². The van der Waals surface area contributed by atoms with Crippen LogP contribution in [0.2, 0.25) is 0 Å². The molecule has 0 spiro atoms. The molecule has 2 aliphatic heterocycles. The summed E-state index contributed by atoms with van der Waals surface area (Å²) in [4.78, 5) is 19.1. The molecular formula is C17H22N4O2S. The second kappa shape index (κ2) is 7.04. The summed E-state index contributed by atoms with van der Waals surface area (Å²) in [7, 11) is 0. The number of hydrogen-bond acceptors (Lipinski definition) is 6. The van der Waals surface area contributed by atoms with Crippen molar-refractivity contribution in [2.75, 3.05) is 43.1 Å². The van der Waals surface area contributed by atoms with Gasteiger partial charge in [-0.05, 0) is 37.6 Å². The Hall–Kier alpha value is -1.70. The molecule has 1 aromatic heterocycles. The second-order valence-electron chi connectivity index (χ2n) is 6.32. The number of benzene rings is 1. The van der Waals surface area contributed by atoms with Crippen molar-refractivity contribution in [3.05, 3.63) is 18.2 Å². The number of amides is 1. The fraction of sp³-hybridized carbons (Fsp3) is 0.529. The highest BCUT2D eigenvalue weighted by atomic mass is 32.1. The Labute approximate surface area is 145 Å². The van der Waals surface area contributed by atoms with E-state index < -0.39 is 0 Å². The van der Waals surface area contributed by atoms with E-state index in [9.17, 15) is 4.79 Å². The summed E-state index contributed by atoms with van der Waals surface area (Å²) >= 11 is 1.67. The van der Waals surface area contributed by atoms with Crippen LogP contribution >= 0.6 is 11.3 Å². The molecule has 7 heteroatoms. The molecule has 3 heterocycles. The van der Waals surface area contributed by atoms with E-state index in [1.54, 1.807) is 11.3 Å². The third kappa shape index (κ3) is 3.53. The van der Waals surface area contributed by atoms with E-state index in [-0.39, 0.29) is 5.91 Å². The molecule has 0 bridgehead atoms. The molecule has 6 nitrogen and oxygen atoms in total. The highest BCUT2D eigenvalue weighted by Crippen LogP contribution is 2.31. The number of anilines is 2. The maximum absolute atomic E-state index is 12.2. The van der Waals surface area contributed by atoms with E-state index in [0.29, 0.717) is 12.5 Å². The van der Waals surface area contributed by atoms with E-state index in [1.165, 1.54) is 0 Å². The number of hydrogen-bond donors (Lipinski definition) is 2. The molecule has 128 valence electrons. The summed E-state index contributed by atoms with van der Waals surface area (Å²) in [6.45, 7) is 4.31. The largest absolute Gasteiger partial charge is 0.378 e. The van der Waals surface area contributed by atoms with Crippen molar-refractivity contribution in [1.29, 1.82) is 0 Å². The lowest BCUT2D eigenvalue weighted by Gasteiger charge is -2.25. The lowest BCUT2D eigenvalue weighted by molar-refractivity contribution is -0.116. The van der Waals surface area contributed by atoms with E-state index >= 15 is 0 Å². The zero-order valence-corrected chi connectivity index (χ0v) is 14.4. The van der Waals surface area contributed by atoms with E-state index in [0.717, 1.165) is 66.7 Å². The molecule has 2 saturated heterocycles. The molecule has 2 fully saturated rings. The molecule has 1 aromatic carbocycles. The number of aromatic nitrogens is 1. The third-order valence-corrected chi connectivity index (χ3v) is 5.62. The number of ether oxygens (including phenoxy) is 1. The van der Waals surface area contributed by atoms with Gasteiger partial charge in [0.1, 0.15) is 0 Å². The highest BCUT2D eigenvalue weighted by Gasteiger charge is 2.18. The van der Waals surface area contributed by atoms with Crippen LogP contribution in [0.25, 0.3) is 10.2 Å². The average Bonchev–Trinajstić information content (AvgIpc) is 3.24. The average molecular weight is 346 g/mol. The lowest BCUT2D eigenvalue weighted by Crippen LogP contribution is -2.36. The molecule has 0 aliphatic carbocycles. The van der Waals surface area contributed by atoms with E-state index in [4.69, 9.17) is 9.72 Å². The Morgan fingerprint density at radius 3 is 3.08 bits per heavy atom. The van der Waals surface area contributed by atoms with Crippen molar-refractivity contribution in [2.45, 2.75) is 25.3 Å². The first-order valence-corrected chi connectivity index (χ1v) is 9.36. The topological polar surface area (TPSA) is 66.5 Å². The number of thiazole rings is 1. The van der Waals surface area contributed by atoms with Crippen LogP contribution in [0, 0.1) is 0 Å². The van der Waals surface area contributed by atoms with Gasteiger partial charge in [-0.1, -0.05) is 11.3 Å². The Kier molecular flexibility index (Phi) is 4.64. The molecule has 2 N–H and O–H groups in total. The minimum absolute atomic E-state index is 0.0756. The minimum Gasteiger partial charge on any atom is -0.378 e. The van der Waals surface area contributed by atoms with Crippen LogP contribution in [0.15, 0.2) is 18.2 Å². The zero-order valence-electron chi connectivity index (χ0n) is 13.6. The summed E-state index contributed by atoms with van der Waals surface area (Å²) in [5.41, 5.74) is 1.83. The maximum atomic E-state index is 12.2. The van der Waals surface area contributed by atoms with Crippen molar-refractivity contribution in [1.82, 2.24) is 10.3 Å². The summed E-state index contributed by atoms with van der Waals surface area (Å²) in [6, 6.07) is 6.27. The van der Waals surface area contributed by atoms with Crippen molar-refractivity contribution in [3.8, 4) is 0 Å². The van der Waals surface area contributed by atoms with Gasteiger partial charge in [0.2, 0.25) is 5.91 Å². The van der Waals surface area contributed by atoms with Gasteiger partial charge in [0.05, 0.1) is 23.4 Å². The number of rotatable bonds is 4. The van der Waals surface area contributed by atoms with Gasteiger partial charge in [-0.3, -0.25) is 4.79 Å². The Balaban J connectivity index is 1.45. The van der Waals surface area contributed by atoms with Crippen LogP contribution in [0.1, 0.15) is 19.3 Å². The number of fused-ring (bicyclic) bond motifs is 1. The molecule has 1 amide bonds. The molecule has 4 rings (SSSR count). The van der Waals surface area contributed by atoms with Crippen molar-refractivity contribution in [3.63, 3.8) is 0 Å². The van der Waals surface area contributed by atoms with Crippen LogP contribution in [-0.4, -0.2) is 49.8 Å². The fourth-order valence-electron chi connectivity index (χ4n) is 3.25. The van der Waals surface area contributed by atoms with Crippen molar-refractivity contribution < 1.29 is 9.53 Å². The van der Waals surface area contributed by atoms with Crippen LogP contribution in [0.5, 0.6) is 0 Å². The maximum Gasteiger partial charge on any atom is 0.225 e. The number of morpholine rings is 1. The van der Waals surface area contributed by atoms with Gasteiger partial charge >= 0.3 is 0 Å². The van der Waals surface area contributed by atoms with Crippen molar-refractivity contribution in [2.24, 2.45) is 0 Å². The lowest BCUT2D eigenvalue weighted by atomic mass is 10.1. The van der Waals surface area contributed by atoms with Gasteiger partial charge < -0.3 is 20.3 Å². The molecule has 2 aromatic rings. The zero-order chi connectivity index (χ0) is 16.4. The Bertz CT molecular complexity index is 720. The first kappa shape index (κ1) is 15.8. The van der Waals surface area contributed by atoms with Crippen LogP contribution in [-0.2, 0) is 9.53 Å². The molecule has 1 atom stereocenters. The van der Waals surface area contributed by atoms with Crippen LogP contribution < -0.4 is 15.5 Å². The second-order valence-corrected chi connectivity index (χ2v) is 7.33. The number of nitrogens with one attached hydrogen (secondary N) is 2. The number of nitrogens with zero attached hydrogens (tertiary/aromatic N) is 2. The Morgan fingerprint density at radius 1 is 1.42 bits per heavy atom. The smallest absolute Gasteiger partial charge is 0.225 e. The fourth-order valence-corrected chi connectivity index (χ4v) is 4.30. The van der Waals surface area contributed by atoms with Gasteiger partial charge in [-0.25, -0.2) is 4.98 Å². The normalized spacial score (nSPS) is 21.3. The molecule has 0 saturated carbocycles. The van der Waals surface area contributed by atoms with Gasteiger partial charge in [0, 0.05) is 31.2 Å². The molecule has 24 heavy (non-hydrogen) atoms. The minimum atomic E-state index is 0.0756. The number of carbonyl (C=O) groups is 1. The predicted octanol–water partition coefficient (Wildman–Crippen LogP) is 2.21. The van der Waals surface area contributed by atoms with E-state index in [1.807, 2.05) is 18.2 Å². The molecule has 1 unspecified atom stereocenters. The van der Waals surface area contributed by atoms with Gasteiger partial charge in [0.25, 0.3) is 0 Å². The van der Waals surface area contributed by atoms with Gasteiger partial charge in [-0.2, -0.15) is 0 Å². The third-order valence-electron chi connectivity index (χ3n) is 4.54. The SMILES string of the molecule is O=C(CC1CCCN1)Nc1ccc2nc(N3CCOCC3)sc2c1. The highest BCUT2D eigenvalue weighted by molar-refractivity contribution is 7.22. The predicted molar refractivity (Wildman–Crippen MR) is 96.9 cm³/mol. The first-order chi connectivity index (χ1) is 11.8. The van der Waals surface area contributed by atoms with Gasteiger partial charge in [-0.15, -0.1) is 0 Å². The molecular weight excluding hydrogens is 324 g/mol. The standard InChI is InChI=1S/C17H22N4O2S/c22-16(11-12-2-1-5-18-12)19-13-3-4-14-15(10-13)24-17(20-14)21-6-8-23-9-7-21/h3-4,10,12,18H,1-2,5-9,11H2,(H,19,22). The summed E-state index contributed by atoms with van der Waals surface area (Å²) in [5.74, 6) is 0.0756. The van der Waals surface area contributed by atoms with E-state index in [2.05, 4.69) is 15.5 Å². The summed E-state index contributed by atoms with van der Waals surface area (Å²) in [6.07, 6.45) is 2.79. The quantitative estimate of drug-likeness (QED) is 0.889. The monoisotopic (exact) mass is 346 g/mol. The van der Waals surface area contributed by atoms with Crippen LogP contribution in [0.4, 0.5) is 10.8 Å². The number of carbonyl (C=O) groups excluding carboxylic acids is 1. The first-order valence-electron chi connectivity index (χ1n) is 8.54.